The zero-order valence-corrected chi connectivity index (χ0v) is 19.8. The van der Waals surface area contributed by atoms with Crippen LogP contribution >= 0.6 is 34.7 Å². The summed E-state index contributed by atoms with van der Waals surface area (Å²) in [5.41, 5.74) is 9.67. The number of benzene rings is 2. The smallest absolute Gasteiger partial charge is 0.259 e. The summed E-state index contributed by atoms with van der Waals surface area (Å²) in [6, 6.07) is 22.9. The van der Waals surface area contributed by atoms with E-state index >= 15 is 0 Å². The molecule has 4 aromatic rings. The van der Waals surface area contributed by atoms with Crippen LogP contribution in [0.5, 0.6) is 0 Å². The molecule has 0 aliphatic carbocycles. The summed E-state index contributed by atoms with van der Waals surface area (Å²) in [5.74, 6) is 0.709. The topological polar surface area (TPSA) is 47.0 Å². The highest BCUT2D eigenvalue weighted by molar-refractivity contribution is 8.00. The van der Waals surface area contributed by atoms with Crippen LogP contribution in [0.3, 0.4) is 0 Å². The molecule has 0 fully saturated rings. The van der Waals surface area contributed by atoms with Crippen molar-refractivity contribution >= 4 is 46.2 Å². The van der Waals surface area contributed by atoms with Crippen LogP contribution in [0.25, 0.3) is 5.69 Å². The quantitative estimate of drug-likeness (QED) is 0.243. The van der Waals surface area contributed by atoms with E-state index in [9.17, 15) is 4.79 Å². The number of thioether (sulfide) groups is 1. The minimum Gasteiger partial charge on any atom is -1.00 e. The number of hydrogen-bond acceptors (Lipinski definition) is 4. The molecule has 0 amide bonds. The molecule has 0 saturated heterocycles. The molecule has 2 aromatic heterocycles. The fraction of sp³-hybridized carbons (Fsp3) is 0.0435. The zero-order valence-electron chi connectivity index (χ0n) is 15.8. The van der Waals surface area contributed by atoms with Gasteiger partial charge in [0.1, 0.15) is 14.8 Å². The number of rotatable bonds is 6. The Kier molecular flexibility index (Phi) is 7.72. The molecule has 0 aliphatic heterocycles. The number of carbonyl (C=O) groups excluding carboxylic acids is 1. The van der Waals surface area contributed by atoms with E-state index < -0.39 is 0 Å². The van der Waals surface area contributed by atoms with Gasteiger partial charge in [0.15, 0.2) is 12.4 Å². The molecule has 0 unspecified atom stereocenters. The van der Waals surface area contributed by atoms with Crippen LogP contribution in [0, 0.1) is 0 Å². The predicted octanol–water partition coefficient (Wildman–Crippen LogP) is 2.79. The van der Waals surface area contributed by atoms with Crippen molar-refractivity contribution in [3.63, 3.8) is 0 Å². The Hall–Kier alpha value is -2.12. The molecular formula is C23H18BrClN2OS2. The van der Waals surface area contributed by atoms with Crippen molar-refractivity contribution < 1.29 is 26.3 Å². The molecule has 4 rings (SSSR count). The van der Waals surface area contributed by atoms with Gasteiger partial charge < -0.3 is 22.7 Å². The number of carbonyl (C=O) groups is 1. The van der Waals surface area contributed by atoms with Crippen LogP contribution in [0.1, 0.15) is 20.8 Å². The van der Waals surface area contributed by atoms with E-state index in [0.717, 1.165) is 26.2 Å². The molecule has 2 aromatic carbocycles. The average Bonchev–Trinajstić information content (AvgIpc) is 3.10. The van der Waals surface area contributed by atoms with Crippen LogP contribution in [0.4, 0.5) is 5.69 Å². The van der Waals surface area contributed by atoms with Gasteiger partial charge in [-0.3, -0.25) is 4.79 Å². The van der Waals surface area contributed by atoms with Gasteiger partial charge in [0.2, 0.25) is 5.78 Å². The minimum atomic E-state index is -0.0516. The summed E-state index contributed by atoms with van der Waals surface area (Å²) in [5, 5.41) is 0.718. The largest absolute Gasteiger partial charge is 1.00 e. The monoisotopic (exact) mass is 516 g/mol. The number of hydrogen-bond donors (Lipinski definition) is 1. The summed E-state index contributed by atoms with van der Waals surface area (Å²) in [6.45, 7) is 0. The number of nitrogen functional groups attached to an aromatic ring is 1. The van der Waals surface area contributed by atoms with Crippen molar-refractivity contribution in [1.82, 2.24) is 0 Å². The molecule has 2 heterocycles. The molecule has 0 radical (unpaired) electrons. The normalized spacial score (nSPS) is 10.4. The van der Waals surface area contributed by atoms with Crippen LogP contribution < -0.4 is 27.3 Å². The summed E-state index contributed by atoms with van der Waals surface area (Å²) < 4.78 is 2.98. The van der Waals surface area contributed by atoms with Crippen molar-refractivity contribution in [3.05, 3.63) is 106 Å². The number of aromatic nitrogens is 1. The third kappa shape index (κ3) is 4.95. The lowest BCUT2D eigenvalue weighted by molar-refractivity contribution is -0.596. The zero-order chi connectivity index (χ0) is 20.2. The minimum absolute atomic E-state index is 0. The highest BCUT2D eigenvalue weighted by Gasteiger charge is 2.28. The van der Waals surface area contributed by atoms with Gasteiger partial charge in [-0.2, -0.15) is 4.57 Å². The van der Waals surface area contributed by atoms with E-state index in [1.54, 1.807) is 11.8 Å². The molecule has 0 spiro atoms. The summed E-state index contributed by atoms with van der Waals surface area (Å²) >= 11 is 9.11. The van der Waals surface area contributed by atoms with Crippen LogP contribution in [0.15, 0.2) is 89.4 Å². The molecule has 7 heteroatoms. The fourth-order valence-electron chi connectivity index (χ4n) is 2.92. The third-order valence-corrected chi connectivity index (χ3v) is 7.16. The Morgan fingerprint density at radius 2 is 1.60 bits per heavy atom. The second kappa shape index (κ2) is 10.3. The Balaban J connectivity index is 0.00000256. The van der Waals surface area contributed by atoms with Crippen LogP contribution in [-0.4, -0.2) is 5.78 Å². The number of thiophene rings is 1. The SMILES string of the molecule is Nc1c(C(=O)c2ccccc2)sc(SCc2ccc(Cl)cc2)c1-[n+]1ccccc1.[Br-]. The van der Waals surface area contributed by atoms with E-state index in [-0.39, 0.29) is 22.8 Å². The van der Waals surface area contributed by atoms with E-state index in [0.29, 0.717) is 16.1 Å². The first-order valence-electron chi connectivity index (χ1n) is 8.99. The summed E-state index contributed by atoms with van der Waals surface area (Å²) in [7, 11) is 0. The van der Waals surface area contributed by atoms with E-state index in [4.69, 9.17) is 17.3 Å². The van der Waals surface area contributed by atoms with Crippen molar-refractivity contribution in [2.75, 3.05) is 5.73 Å². The van der Waals surface area contributed by atoms with Crippen LogP contribution in [0.2, 0.25) is 5.02 Å². The van der Waals surface area contributed by atoms with Crippen molar-refractivity contribution in [2.24, 2.45) is 0 Å². The summed E-state index contributed by atoms with van der Waals surface area (Å²) in [4.78, 5) is 13.6. The molecule has 30 heavy (non-hydrogen) atoms. The lowest BCUT2D eigenvalue weighted by Gasteiger charge is -2.02. The van der Waals surface area contributed by atoms with Gasteiger partial charge in [0, 0.05) is 28.5 Å². The molecule has 0 bridgehead atoms. The van der Waals surface area contributed by atoms with E-state index in [1.807, 2.05) is 89.8 Å². The second-order valence-corrected chi connectivity index (χ2v) is 9.08. The van der Waals surface area contributed by atoms with E-state index in [2.05, 4.69) is 0 Å². The maximum absolute atomic E-state index is 13.1. The first kappa shape index (κ1) is 22.6. The Labute approximate surface area is 199 Å². The third-order valence-electron chi connectivity index (χ3n) is 4.39. The fourth-order valence-corrected chi connectivity index (χ4v) is 5.47. The van der Waals surface area contributed by atoms with Crippen LogP contribution in [-0.2, 0) is 5.75 Å². The first-order chi connectivity index (χ1) is 14.1. The highest BCUT2D eigenvalue weighted by atomic mass is 79.9. The molecule has 2 N–H and O–H groups in total. The number of nitrogens with zero attached hydrogens (tertiary/aromatic N) is 1. The number of pyridine rings is 1. The molecule has 0 atom stereocenters. The van der Waals surface area contributed by atoms with Gasteiger partial charge in [-0.05, 0) is 17.7 Å². The van der Waals surface area contributed by atoms with Crippen molar-refractivity contribution in [2.45, 2.75) is 9.96 Å². The molecule has 0 aliphatic rings. The number of nitrogens with two attached hydrogens (primary N) is 1. The van der Waals surface area contributed by atoms with Crippen molar-refractivity contribution in [3.8, 4) is 5.69 Å². The molecule has 152 valence electrons. The maximum Gasteiger partial charge on any atom is 0.259 e. The Morgan fingerprint density at radius 1 is 0.967 bits per heavy atom. The first-order valence-corrected chi connectivity index (χ1v) is 11.2. The predicted molar refractivity (Wildman–Crippen MR) is 121 cm³/mol. The van der Waals surface area contributed by atoms with Gasteiger partial charge in [0.25, 0.3) is 5.69 Å². The standard InChI is InChI=1S/C23H17ClN2OS2.BrH/c24-18-11-9-16(10-12-18)15-28-23-20(26-13-5-2-6-14-26)19(25)22(29-23)21(27)17-7-3-1-4-8-17;/h1-14H,15H2,(H-,25,27);1H. The highest BCUT2D eigenvalue weighted by Crippen LogP contribution is 2.40. The van der Waals surface area contributed by atoms with Crippen molar-refractivity contribution in [1.29, 1.82) is 0 Å². The lowest BCUT2D eigenvalue weighted by Crippen LogP contribution is -3.00. The van der Waals surface area contributed by atoms with Gasteiger partial charge in [-0.15, -0.1) is 23.1 Å². The maximum atomic E-state index is 13.1. The van der Waals surface area contributed by atoms with E-state index in [1.165, 1.54) is 11.3 Å². The van der Waals surface area contributed by atoms with Gasteiger partial charge in [0.05, 0.1) is 0 Å². The average molecular weight is 518 g/mol. The summed E-state index contributed by atoms with van der Waals surface area (Å²) in [6.07, 6.45) is 3.89. The Bertz CT molecular complexity index is 1130. The molecular weight excluding hydrogens is 500 g/mol. The van der Waals surface area contributed by atoms with Gasteiger partial charge in [-0.25, -0.2) is 0 Å². The number of anilines is 1. The molecule has 0 saturated carbocycles. The lowest BCUT2D eigenvalue weighted by atomic mass is 10.1. The number of ketones is 1. The molecule has 3 nitrogen and oxygen atoms in total. The second-order valence-electron chi connectivity index (χ2n) is 6.37. The Morgan fingerprint density at radius 3 is 2.27 bits per heavy atom. The number of halogens is 2. The van der Waals surface area contributed by atoms with Gasteiger partial charge >= 0.3 is 0 Å². The van der Waals surface area contributed by atoms with Gasteiger partial charge in [-0.1, -0.05) is 60.1 Å².